The lowest BCUT2D eigenvalue weighted by atomic mass is 10.1. The minimum atomic E-state index is -1.95. The number of H-pyrrole nitrogens is 1. The second-order valence-electron chi connectivity index (χ2n) is 3.22. The Kier molecular flexibility index (Phi) is 3.10. The summed E-state index contributed by atoms with van der Waals surface area (Å²) in [5.74, 6) is -0.564. The van der Waals surface area contributed by atoms with Crippen LogP contribution in [0.15, 0.2) is 24.4 Å². The Morgan fingerprint density at radius 1 is 1.25 bits per heavy atom. The van der Waals surface area contributed by atoms with E-state index in [4.69, 9.17) is 46.4 Å². The van der Waals surface area contributed by atoms with E-state index >= 15 is 0 Å². The van der Waals surface area contributed by atoms with Crippen molar-refractivity contribution in [3.63, 3.8) is 0 Å². The third kappa shape index (κ3) is 2.16. The summed E-state index contributed by atoms with van der Waals surface area (Å²) in [7, 11) is 0. The van der Waals surface area contributed by atoms with Crippen molar-refractivity contribution in [3.05, 3.63) is 35.0 Å². The Bertz CT molecular complexity index is 555. The molecule has 0 aliphatic carbocycles. The van der Waals surface area contributed by atoms with Gasteiger partial charge in [0.15, 0.2) is 0 Å². The zero-order valence-corrected chi connectivity index (χ0v) is 10.8. The van der Waals surface area contributed by atoms with Crippen molar-refractivity contribution >= 4 is 63.1 Å². The summed E-state index contributed by atoms with van der Waals surface area (Å²) in [5, 5.41) is 1.25. The van der Waals surface area contributed by atoms with Crippen LogP contribution in [0, 0.1) is 0 Å². The van der Waals surface area contributed by atoms with Crippen molar-refractivity contribution < 1.29 is 4.79 Å². The lowest BCUT2D eigenvalue weighted by Gasteiger charge is -2.07. The molecule has 6 heteroatoms. The maximum Gasteiger partial charge on any atom is 0.253 e. The van der Waals surface area contributed by atoms with E-state index in [1.807, 2.05) is 0 Å². The van der Waals surface area contributed by atoms with Gasteiger partial charge in [-0.1, -0.05) is 52.5 Å². The van der Waals surface area contributed by atoms with Gasteiger partial charge in [0.05, 0.1) is 0 Å². The molecule has 0 saturated carbocycles. The minimum Gasteiger partial charge on any atom is -0.360 e. The smallest absolute Gasteiger partial charge is 0.253 e. The van der Waals surface area contributed by atoms with Gasteiger partial charge in [-0.05, 0) is 12.1 Å². The lowest BCUT2D eigenvalue weighted by molar-refractivity contribution is 0.0998. The normalized spacial score (nSPS) is 12.0. The van der Waals surface area contributed by atoms with Crippen molar-refractivity contribution in [2.45, 2.75) is 3.79 Å². The highest BCUT2D eigenvalue weighted by Gasteiger charge is 2.33. The molecular formula is C10H5Cl4NO. The van der Waals surface area contributed by atoms with E-state index in [9.17, 15) is 4.79 Å². The van der Waals surface area contributed by atoms with E-state index in [0.29, 0.717) is 16.0 Å². The number of aromatic nitrogens is 1. The molecule has 1 aromatic heterocycles. The number of rotatable bonds is 1. The molecule has 0 bridgehead atoms. The number of carbonyl (C=O) groups is 1. The fourth-order valence-corrected chi connectivity index (χ4v) is 1.92. The van der Waals surface area contributed by atoms with Crippen LogP contribution in [0.3, 0.4) is 0 Å². The largest absolute Gasteiger partial charge is 0.360 e. The van der Waals surface area contributed by atoms with Crippen molar-refractivity contribution in [2.75, 3.05) is 0 Å². The van der Waals surface area contributed by atoms with Crippen LogP contribution >= 0.6 is 46.4 Å². The summed E-state index contributed by atoms with van der Waals surface area (Å²) in [5.41, 5.74) is 1.07. The summed E-state index contributed by atoms with van der Waals surface area (Å²) in [6.45, 7) is 0. The third-order valence-electron chi connectivity index (χ3n) is 2.15. The van der Waals surface area contributed by atoms with Gasteiger partial charge >= 0.3 is 0 Å². The maximum atomic E-state index is 11.8. The first kappa shape index (κ1) is 12.1. The second kappa shape index (κ2) is 4.11. The Hall–Kier alpha value is -0.410. The molecule has 0 fully saturated rings. The third-order valence-corrected chi connectivity index (χ3v) is 2.90. The van der Waals surface area contributed by atoms with Crippen LogP contribution in [0.5, 0.6) is 0 Å². The molecule has 84 valence electrons. The quantitative estimate of drug-likeness (QED) is 0.615. The monoisotopic (exact) mass is 295 g/mol. The molecule has 1 aromatic carbocycles. The highest BCUT2D eigenvalue weighted by atomic mass is 35.6. The molecule has 1 N–H and O–H groups in total. The number of hydrogen-bond acceptors (Lipinski definition) is 1. The number of halogens is 4. The molecule has 0 aliphatic rings. The second-order valence-corrected chi connectivity index (χ2v) is 5.94. The summed E-state index contributed by atoms with van der Waals surface area (Å²) >= 11 is 22.5. The standard InChI is InChI=1S/C10H5Cl4NO/c11-5-1-2-6-7(4-15-8(6)3-5)9(16)10(12,13)14/h1-4,15H. The molecular weight excluding hydrogens is 292 g/mol. The maximum absolute atomic E-state index is 11.8. The van der Waals surface area contributed by atoms with Gasteiger partial charge in [0, 0.05) is 27.7 Å². The minimum absolute atomic E-state index is 0.340. The molecule has 2 aromatic rings. The summed E-state index contributed by atoms with van der Waals surface area (Å²) in [4.78, 5) is 14.7. The number of benzene rings is 1. The molecule has 2 nitrogen and oxygen atoms in total. The first-order valence-electron chi connectivity index (χ1n) is 4.28. The molecule has 0 radical (unpaired) electrons. The fraction of sp³-hybridized carbons (Fsp3) is 0.100. The number of nitrogens with one attached hydrogen (secondary N) is 1. The SMILES string of the molecule is O=C(c1c[nH]c2cc(Cl)ccc12)C(Cl)(Cl)Cl. The van der Waals surface area contributed by atoms with Gasteiger partial charge in [0.2, 0.25) is 5.78 Å². The Balaban J connectivity index is 2.59. The summed E-state index contributed by atoms with van der Waals surface area (Å²) in [6, 6.07) is 5.08. The van der Waals surface area contributed by atoms with E-state index in [1.165, 1.54) is 6.20 Å². The van der Waals surface area contributed by atoms with Gasteiger partial charge in [0.25, 0.3) is 3.79 Å². The Morgan fingerprint density at radius 2 is 1.94 bits per heavy atom. The van der Waals surface area contributed by atoms with E-state index < -0.39 is 9.58 Å². The van der Waals surface area contributed by atoms with Crippen LogP contribution < -0.4 is 0 Å². The number of Topliss-reactive ketones (excluding diaryl/α,β-unsaturated/α-hetero) is 1. The zero-order chi connectivity index (χ0) is 11.9. The average molecular weight is 297 g/mol. The zero-order valence-electron chi connectivity index (χ0n) is 7.73. The van der Waals surface area contributed by atoms with Crippen molar-refractivity contribution in [2.24, 2.45) is 0 Å². The van der Waals surface area contributed by atoms with Gasteiger partial charge in [-0.3, -0.25) is 4.79 Å². The highest BCUT2D eigenvalue weighted by Crippen LogP contribution is 2.33. The molecule has 0 unspecified atom stereocenters. The van der Waals surface area contributed by atoms with Gasteiger partial charge in [-0.25, -0.2) is 0 Å². The predicted octanol–water partition coefficient (Wildman–Crippen LogP) is 4.37. The number of fused-ring (bicyclic) bond motifs is 1. The van der Waals surface area contributed by atoms with Crippen LogP contribution in [0.1, 0.15) is 10.4 Å². The first-order valence-corrected chi connectivity index (χ1v) is 5.79. The molecule has 0 amide bonds. The van der Waals surface area contributed by atoms with Crippen LogP contribution in [-0.2, 0) is 0 Å². The molecule has 0 aliphatic heterocycles. The lowest BCUT2D eigenvalue weighted by Crippen LogP contribution is -2.18. The van der Waals surface area contributed by atoms with Gasteiger partial charge in [-0.15, -0.1) is 0 Å². The van der Waals surface area contributed by atoms with Gasteiger partial charge in [-0.2, -0.15) is 0 Å². The van der Waals surface area contributed by atoms with Gasteiger partial charge < -0.3 is 4.98 Å². The summed E-state index contributed by atoms with van der Waals surface area (Å²) < 4.78 is -1.95. The molecule has 0 atom stereocenters. The Morgan fingerprint density at radius 3 is 2.56 bits per heavy atom. The number of hydrogen-bond donors (Lipinski definition) is 1. The van der Waals surface area contributed by atoms with Crippen LogP contribution in [0.25, 0.3) is 10.9 Å². The molecule has 2 rings (SSSR count). The van der Waals surface area contributed by atoms with Crippen molar-refractivity contribution in [1.29, 1.82) is 0 Å². The van der Waals surface area contributed by atoms with Crippen LogP contribution in [-0.4, -0.2) is 14.6 Å². The van der Waals surface area contributed by atoms with E-state index in [1.54, 1.807) is 18.2 Å². The topological polar surface area (TPSA) is 32.9 Å². The molecule has 0 saturated heterocycles. The Labute approximate surface area is 111 Å². The molecule has 16 heavy (non-hydrogen) atoms. The first-order chi connectivity index (χ1) is 7.39. The number of carbonyl (C=O) groups excluding carboxylic acids is 1. The molecule has 0 spiro atoms. The number of ketones is 1. The fourth-order valence-electron chi connectivity index (χ4n) is 1.44. The average Bonchev–Trinajstić information content (AvgIpc) is 2.57. The van der Waals surface area contributed by atoms with Crippen molar-refractivity contribution in [1.82, 2.24) is 4.98 Å². The number of alkyl halides is 3. The summed E-state index contributed by atoms with van der Waals surface area (Å²) in [6.07, 6.45) is 1.51. The van der Waals surface area contributed by atoms with E-state index in [-0.39, 0.29) is 0 Å². The van der Waals surface area contributed by atoms with Crippen molar-refractivity contribution in [3.8, 4) is 0 Å². The predicted molar refractivity (Wildman–Crippen MR) is 67.9 cm³/mol. The van der Waals surface area contributed by atoms with Crippen LogP contribution in [0.4, 0.5) is 0 Å². The van der Waals surface area contributed by atoms with E-state index in [2.05, 4.69) is 4.98 Å². The van der Waals surface area contributed by atoms with E-state index in [0.717, 1.165) is 5.52 Å². The van der Waals surface area contributed by atoms with Gasteiger partial charge in [0.1, 0.15) is 0 Å². The number of aromatic amines is 1. The van der Waals surface area contributed by atoms with Crippen LogP contribution in [0.2, 0.25) is 5.02 Å². The highest BCUT2D eigenvalue weighted by molar-refractivity contribution is 6.77. The molecule has 1 heterocycles.